The minimum Gasteiger partial charge on any atom is -0.381 e. The van der Waals surface area contributed by atoms with Gasteiger partial charge in [-0.25, -0.2) is 0 Å². The predicted molar refractivity (Wildman–Crippen MR) is 80.6 cm³/mol. The first-order chi connectivity index (χ1) is 9.67. The first-order valence-electron chi connectivity index (χ1n) is 7.12. The van der Waals surface area contributed by atoms with Crippen LogP contribution in [0.3, 0.4) is 0 Å². The van der Waals surface area contributed by atoms with Crippen LogP contribution >= 0.6 is 11.6 Å². The van der Waals surface area contributed by atoms with Crippen molar-refractivity contribution in [1.82, 2.24) is 15.0 Å². The molecule has 2 rings (SSSR count). The first-order valence-corrected chi connectivity index (χ1v) is 7.50. The van der Waals surface area contributed by atoms with Gasteiger partial charge in [0.1, 0.15) is 0 Å². The molecule has 1 saturated heterocycles. The maximum atomic E-state index is 6.04. The van der Waals surface area contributed by atoms with Gasteiger partial charge in [-0.15, -0.1) is 0 Å². The Hall–Kier alpha value is -1.14. The van der Waals surface area contributed by atoms with Crippen LogP contribution in [0, 0.1) is 0 Å². The van der Waals surface area contributed by atoms with Crippen molar-refractivity contribution in [3.8, 4) is 0 Å². The summed E-state index contributed by atoms with van der Waals surface area (Å²) in [7, 11) is 1.76. The summed E-state index contributed by atoms with van der Waals surface area (Å²) in [5.74, 6) is 1.32. The molecule has 0 amide bonds. The third-order valence-corrected chi connectivity index (χ3v) is 3.86. The van der Waals surface area contributed by atoms with E-state index in [9.17, 15) is 0 Å². The second kappa shape index (κ2) is 7.04. The number of methoxy groups -OCH3 is 1. The summed E-state index contributed by atoms with van der Waals surface area (Å²) in [4.78, 5) is 17.3. The van der Waals surface area contributed by atoms with Gasteiger partial charge in [0, 0.05) is 33.3 Å². The summed E-state index contributed by atoms with van der Waals surface area (Å²) in [5, 5.41) is 0.255. The molecule has 0 aromatic carbocycles. The average molecular weight is 300 g/mol. The molecule has 0 aliphatic carbocycles. The van der Waals surface area contributed by atoms with Crippen molar-refractivity contribution in [3.05, 3.63) is 5.28 Å². The topological polar surface area (TPSA) is 54.4 Å². The van der Waals surface area contributed by atoms with Gasteiger partial charge in [0.25, 0.3) is 0 Å². The summed E-state index contributed by atoms with van der Waals surface area (Å²) in [6.45, 7) is 7.62. The number of halogens is 1. The SMILES string of the molecule is CCN(CC)c1nc(Cl)nc(N2CCC(OC)CC2)n1. The standard InChI is InChI=1S/C13H22ClN5O/c1-4-18(5-2)12-15-11(14)16-13(17-12)19-8-6-10(20-3)7-9-19/h10H,4-9H2,1-3H3. The van der Waals surface area contributed by atoms with Crippen LogP contribution in [0.1, 0.15) is 26.7 Å². The Labute approximate surface area is 125 Å². The molecule has 1 aliphatic rings. The van der Waals surface area contributed by atoms with Gasteiger partial charge in [-0.3, -0.25) is 0 Å². The van der Waals surface area contributed by atoms with Gasteiger partial charge in [-0.05, 0) is 38.3 Å². The summed E-state index contributed by atoms with van der Waals surface area (Å²) in [6, 6.07) is 0. The Bertz CT molecular complexity index is 433. The van der Waals surface area contributed by atoms with E-state index in [2.05, 4.69) is 38.6 Å². The number of anilines is 2. The lowest BCUT2D eigenvalue weighted by Gasteiger charge is -2.31. The number of hydrogen-bond acceptors (Lipinski definition) is 6. The lowest BCUT2D eigenvalue weighted by molar-refractivity contribution is 0.0816. The molecule has 0 atom stereocenters. The molecular weight excluding hydrogens is 278 g/mol. The van der Waals surface area contributed by atoms with Crippen molar-refractivity contribution in [2.75, 3.05) is 43.1 Å². The molecule has 1 aliphatic heterocycles. The van der Waals surface area contributed by atoms with Gasteiger partial charge in [-0.1, -0.05) is 0 Å². The van der Waals surface area contributed by atoms with E-state index in [1.807, 2.05) is 0 Å². The number of piperidine rings is 1. The van der Waals surface area contributed by atoms with E-state index in [0.29, 0.717) is 18.0 Å². The molecule has 112 valence electrons. The fraction of sp³-hybridized carbons (Fsp3) is 0.769. The van der Waals surface area contributed by atoms with E-state index in [1.165, 1.54) is 0 Å². The Morgan fingerprint density at radius 1 is 1.20 bits per heavy atom. The third-order valence-electron chi connectivity index (χ3n) is 3.69. The highest BCUT2D eigenvalue weighted by Crippen LogP contribution is 2.21. The van der Waals surface area contributed by atoms with Gasteiger partial charge in [0.15, 0.2) is 0 Å². The largest absolute Gasteiger partial charge is 0.381 e. The normalized spacial score (nSPS) is 16.5. The highest BCUT2D eigenvalue weighted by atomic mass is 35.5. The average Bonchev–Trinajstić information content (AvgIpc) is 2.48. The highest BCUT2D eigenvalue weighted by molar-refractivity contribution is 6.28. The van der Waals surface area contributed by atoms with E-state index in [-0.39, 0.29) is 5.28 Å². The number of ether oxygens (including phenoxy) is 1. The van der Waals surface area contributed by atoms with Crippen molar-refractivity contribution in [1.29, 1.82) is 0 Å². The molecule has 1 fully saturated rings. The van der Waals surface area contributed by atoms with Crippen LogP contribution in [-0.2, 0) is 4.74 Å². The van der Waals surface area contributed by atoms with E-state index in [4.69, 9.17) is 16.3 Å². The zero-order chi connectivity index (χ0) is 14.5. The van der Waals surface area contributed by atoms with Crippen LogP contribution in [0.4, 0.5) is 11.9 Å². The third kappa shape index (κ3) is 3.49. The second-order valence-corrected chi connectivity index (χ2v) is 5.14. The summed E-state index contributed by atoms with van der Waals surface area (Å²) in [5.41, 5.74) is 0. The Kier molecular flexibility index (Phi) is 5.37. The maximum absolute atomic E-state index is 6.04. The maximum Gasteiger partial charge on any atom is 0.231 e. The van der Waals surface area contributed by atoms with Crippen LogP contribution in [0.25, 0.3) is 0 Å². The number of rotatable bonds is 5. The first kappa shape index (κ1) is 15.3. The van der Waals surface area contributed by atoms with Gasteiger partial charge >= 0.3 is 0 Å². The van der Waals surface area contributed by atoms with Gasteiger partial charge < -0.3 is 14.5 Å². The minimum absolute atomic E-state index is 0.255. The molecule has 1 aromatic rings. The fourth-order valence-corrected chi connectivity index (χ4v) is 2.56. The number of aromatic nitrogens is 3. The molecule has 0 saturated carbocycles. The monoisotopic (exact) mass is 299 g/mol. The second-order valence-electron chi connectivity index (χ2n) is 4.80. The fourth-order valence-electron chi connectivity index (χ4n) is 2.41. The molecule has 0 radical (unpaired) electrons. The molecule has 2 heterocycles. The number of hydrogen-bond donors (Lipinski definition) is 0. The van der Waals surface area contributed by atoms with Crippen molar-refractivity contribution in [2.24, 2.45) is 0 Å². The summed E-state index contributed by atoms with van der Waals surface area (Å²) >= 11 is 6.04. The van der Waals surface area contributed by atoms with Crippen LogP contribution in [-0.4, -0.2) is 54.3 Å². The Balaban J connectivity index is 2.16. The zero-order valence-corrected chi connectivity index (χ0v) is 13.1. The lowest BCUT2D eigenvalue weighted by atomic mass is 10.1. The van der Waals surface area contributed by atoms with E-state index >= 15 is 0 Å². The van der Waals surface area contributed by atoms with Gasteiger partial charge in [0.05, 0.1) is 6.10 Å². The summed E-state index contributed by atoms with van der Waals surface area (Å²) in [6.07, 6.45) is 2.31. The van der Waals surface area contributed by atoms with Crippen molar-refractivity contribution >= 4 is 23.5 Å². The Morgan fingerprint density at radius 2 is 1.85 bits per heavy atom. The van der Waals surface area contributed by atoms with Gasteiger partial charge in [0.2, 0.25) is 17.2 Å². The Morgan fingerprint density at radius 3 is 2.40 bits per heavy atom. The number of nitrogens with zero attached hydrogens (tertiary/aromatic N) is 5. The van der Waals surface area contributed by atoms with E-state index in [0.717, 1.165) is 39.0 Å². The van der Waals surface area contributed by atoms with Crippen molar-refractivity contribution < 1.29 is 4.74 Å². The zero-order valence-electron chi connectivity index (χ0n) is 12.3. The molecule has 0 N–H and O–H groups in total. The quantitative estimate of drug-likeness (QED) is 0.829. The van der Waals surface area contributed by atoms with Crippen LogP contribution < -0.4 is 9.80 Å². The van der Waals surface area contributed by atoms with Crippen LogP contribution in [0.15, 0.2) is 0 Å². The molecular formula is C13H22ClN5O. The molecule has 6 nitrogen and oxygen atoms in total. The molecule has 0 spiro atoms. The van der Waals surface area contributed by atoms with Crippen molar-refractivity contribution in [3.63, 3.8) is 0 Å². The minimum atomic E-state index is 0.255. The molecule has 20 heavy (non-hydrogen) atoms. The molecule has 1 aromatic heterocycles. The molecule has 0 bridgehead atoms. The van der Waals surface area contributed by atoms with Gasteiger partial charge in [-0.2, -0.15) is 15.0 Å². The lowest BCUT2D eigenvalue weighted by Crippen LogP contribution is -2.38. The highest BCUT2D eigenvalue weighted by Gasteiger charge is 2.22. The predicted octanol–water partition coefficient (Wildman–Crippen LogP) is 1.99. The summed E-state index contributed by atoms with van der Waals surface area (Å²) < 4.78 is 5.38. The van der Waals surface area contributed by atoms with E-state index < -0.39 is 0 Å². The van der Waals surface area contributed by atoms with Crippen LogP contribution in [0.2, 0.25) is 5.28 Å². The molecule has 7 heteroatoms. The van der Waals surface area contributed by atoms with Crippen LogP contribution in [0.5, 0.6) is 0 Å². The van der Waals surface area contributed by atoms with E-state index in [1.54, 1.807) is 7.11 Å². The smallest absolute Gasteiger partial charge is 0.231 e. The molecule has 0 unspecified atom stereocenters. The van der Waals surface area contributed by atoms with Crippen molar-refractivity contribution in [2.45, 2.75) is 32.8 Å².